The van der Waals surface area contributed by atoms with Gasteiger partial charge in [-0.2, -0.15) is 0 Å². The molecular formula is C16H20N4O5S. The van der Waals surface area contributed by atoms with E-state index in [-0.39, 0.29) is 24.0 Å². The highest BCUT2D eigenvalue weighted by atomic mass is 32.2. The summed E-state index contributed by atoms with van der Waals surface area (Å²) in [5.74, 6) is 0.614. The van der Waals surface area contributed by atoms with Gasteiger partial charge in [0.15, 0.2) is 11.0 Å². The molecule has 0 aromatic carbocycles. The number of amides is 1. The molecule has 0 unspecified atom stereocenters. The van der Waals surface area contributed by atoms with Crippen LogP contribution in [0.3, 0.4) is 0 Å². The van der Waals surface area contributed by atoms with E-state index in [4.69, 9.17) is 9.15 Å². The van der Waals surface area contributed by atoms with Crippen LogP contribution in [0.5, 0.6) is 0 Å². The van der Waals surface area contributed by atoms with Gasteiger partial charge in [-0.3, -0.25) is 4.79 Å². The Hall–Kier alpha value is -2.59. The zero-order chi connectivity index (χ0) is 18.9. The molecular weight excluding hydrogens is 360 g/mol. The number of hydrogen-bond acceptors (Lipinski definition) is 8. The van der Waals surface area contributed by atoms with Crippen molar-refractivity contribution in [2.45, 2.75) is 24.9 Å². The van der Waals surface area contributed by atoms with Crippen molar-refractivity contribution < 1.29 is 23.5 Å². The third kappa shape index (κ3) is 5.20. The van der Waals surface area contributed by atoms with Crippen LogP contribution in [0.25, 0.3) is 0 Å². The first-order valence-corrected chi connectivity index (χ1v) is 8.66. The van der Waals surface area contributed by atoms with E-state index >= 15 is 0 Å². The van der Waals surface area contributed by atoms with Gasteiger partial charge in [0.2, 0.25) is 11.7 Å². The number of nitrogens with zero attached hydrogens (tertiary/aromatic N) is 3. The number of rotatable bonds is 10. The highest BCUT2D eigenvalue weighted by molar-refractivity contribution is 7.99. The molecule has 0 saturated carbocycles. The largest absolute Gasteiger partial charge is 0.463 e. The number of carbonyl (C=O) groups is 2. The van der Waals surface area contributed by atoms with E-state index in [2.05, 4.69) is 26.8 Å². The predicted octanol–water partition coefficient (Wildman–Crippen LogP) is 1.40. The summed E-state index contributed by atoms with van der Waals surface area (Å²) in [5.41, 5.74) is 0. The lowest BCUT2D eigenvalue weighted by Crippen LogP contribution is -2.24. The van der Waals surface area contributed by atoms with Gasteiger partial charge < -0.3 is 23.8 Å². The summed E-state index contributed by atoms with van der Waals surface area (Å²) in [6.07, 6.45) is 1.72. The number of esters is 1. The minimum atomic E-state index is -0.563. The Morgan fingerprint density at radius 1 is 1.38 bits per heavy atom. The Morgan fingerprint density at radius 2 is 2.19 bits per heavy atom. The standard InChI is InChI=1S/C16H20N4O5S/c1-4-7-20-13(9-23-2)18-19-16(20)26-10-14(21)17-8-11-5-6-12(25-11)15(22)24-3/h4-6H,1,7-10H2,2-3H3,(H,17,21). The molecule has 2 rings (SSSR count). The monoisotopic (exact) mass is 380 g/mol. The van der Waals surface area contributed by atoms with E-state index in [9.17, 15) is 9.59 Å². The molecule has 0 bridgehead atoms. The second-order valence-corrected chi connectivity index (χ2v) is 6.00. The average Bonchev–Trinajstić information content (AvgIpc) is 3.26. The number of nitrogens with one attached hydrogen (secondary N) is 1. The van der Waals surface area contributed by atoms with Crippen LogP contribution in [0.4, 0.5) is 0 Å². The second kappa shape index (κ2) is 9.78. The quantitative estimate of drug-likeness (QED) is 0.374. The van der Waals surface area contributed by atoms with Gasteiger partial charge >= 0.3 is 5.97 Å². The lowest BCUT2D eigenvalue weighted by Gasteiger charge is -2.07. The first kappa shape index (κ1) is 19.7. The second-order valence-electron chi connectivity index (χ2n) is 5.05. The van der Waals surface area contributed by atoms with Gasteiger partial charge in [-0.05, 0) is 12.1 Å². The molecule has 140 valence electrons. The number of thioether (sulfide) groups is 1. The summed E-state index contributed by atoms with van der Waals surface area (Å²) in [7, 11) is 2.85. The fourth-order valence-electron chi connectivity index (χ4n) is 2.02. The molecule has 0 saturated heterocycles. The Morgan fingerprint density at radius 3 is 2.88 bits per heavy atom. The number of hydrogen-bond donors (Lipinski definition) is 1. The Bertz CT molecular complexity index is 771. The highest BCUT2D eigenvalue weighted by Crippen LogP contribution is 2.17. The first-order valence-electron chi connectivity index (χ1n) is 7.67. The Kier molecular flexibility index (Phi) is 7.42. The fraction of sp³-hybridized carbons (Fsp3) is 0.375. The number of methoxy groups -OCH3 is 2. The van der Waals surface area contributed by atoms with Gasteiger partial charge in [-0.1, -0.05) is 17.8 Å². The molecule has 0 aliphatic rings. The summed E-state index contributed by atoms with van der Waals surface area (Å²) in [6.45, 7) is 4.73. The molecule has 2 aromatic rings. The van der Waals surface area contributed by atoms with Crippen LogP contribution >= 0.6 is 11.8 Å². The molecule has 1 N–H and O–H groups in total. The summed E-state index contributed by atoms with van der Waals surface area (Å²) >= 11 is 1.26. The van der Waals surface area contributed by atoms with Crippen LogP contribution in [-0.2, 0) is 34.0 Å². The number of allylic oxidation sites excluding steroid dienone is 1. The maximum atomic E-state index is 12.0. The third-order valence-corrected chi connectivity index (χ3v) is 4.19. The summed E-state index contributed by atoms with van der Waals surface area (Å²) < 4.78 is 16.8. The van der Waals surface area contributed by atoms with Gasteiger partial charge in [0, 0.05) is 13.7 Å². The van der Waals surface area contributed by atoms with Crippen molar-refractivity contribution >= 4 is 23.6 Å². The number of carbonyl (C=O) groups excluding carboxylic acids is 2. The molecule has 1 amide bonds. The lowest BCUT2D eigenvalue weighted by molar-refractivity contribution is -0.118. The molecule has 0 fully saturated rings. The maximum absolute atomic E-state index is 12.0. The van der Waals surface area contributed by atoms with Crippen LogP contribution in [-0.4, -0.2) is 46.6 Å². The average molecular weight is 380 g/mol. The van der Waals surface area contributed by atoms with Gasteiger partial charge in [0.25, 0.3) is 0 Å². The van der Waals surface area contributed by atoms with Gasteiger partial charge in [0.1, 0.15) is 12.4 Å². The van der Waals surface area contributed by atoms with Gasteiger partial charge in [0.05, 0.1) is 19.4 Å². The smallest absolute Gasteiger partial charge is 0.373 e. The van der Waals surface area contributed by atoms with Crippen LogP contribution in [0.2, 0.25) is 0 Å². The minimum Gasteiger partial charge on any atom is -0.463 e. The van der Waals surface area contributed by atoms with Crippen molar-refractivity contribution in [1.82, 2.24) is 20.1 Å². The van der Waals surface area contributed by atoms with Crippen molar-refractivity contribution in [2.24, 2.45) is 0 Å². The van der Waals surface area contributed by atoms with Crippen LogP contribution in [0.15, 0.2) is 34.4 Å². The van der Waals surface area contributed by atoms with Crippen molar-refractivity contribution in [3.8, 4) is 0 Å². The normalized spacial score (nSPS) is 10.5. The fourth-order valence-corrected chi connectivity index (χ4v) is 2.82. The molecule has 2 heterocycles. The molecule has 10 heteroatoms. The summed E-state index contributed by atoms with van der Waals surface area (Å²) in [5, 5.41) is 11.5. The zero-order valence-corrected chi connectivity index (χ0v) is 15.4. The maximum Gasteiger partial charge on any atom is 0.373 e. The van der Waals surface area contributed by atoms with E-state index in [0.717, 1.165) is 0 Å². The Labute approximate surface area is 154 Å². The third-order valence-electron chi connectivity index (χ3n) is 3.22. The molecule has 0 radical (unpaired) electrons. The number of aromatic nitrogens is 3. The molecule has 2 aromatic heterocycles. The van der Waals surface area contributed by atoms with Crippen LogP contribution in [0.1, 0.15) is 22.1 Å². The zero-order valence-electron chi connectivity index (χ0n) is 14.6. The van der Waals surface area contributed by atoms with Crippen molar-refractivity contribution in [2.75, 3.05) is 20.0 Å². The Balaban J connectivity index is 1.86. The van der Waals surface area contributed by atoms with Gasteiger partial charge in [-0.15, -0.1) is 16.8 Å². The summed E-state index contributed by atoms with van der Waals surface area (Å²) in [4.78, 5) is 23.3. The lowest BCUT2D eigenvalue weighted by atomic mass is 10.4. The molecule has 0 atom stereocenters. The van der Waals surface area contributed by atoms with Crippen LogP contribution < -0.4 is 5.32 Å². The van der Waals surface area contributed by atoms with Crippen molar-refractivity contribution in [1.29, 1.82) is 0 Å². The molecule has 9 nitrogen and oxygen atoms in total. The van der Waals surface area contributed by atoms with Crippen molar-refractivity contribution in [3.63, 3.8) is 0 Å². The molecule has 26 heavy (non-hydrogen) atoms. The van der Waals surface area contributed by atoms with E-state index in [0.29, 0.717) is 29.9 Å². The highest BCUT2D eigenvalue weighted by Gasteiger charge is 2.14. The molecule has 0 aliphatic carbocycles. The number of furan rings is 1. The SMILES string of the molecule is C=CCn1c(COC)nnc1SCC(=O)NCc1ccc(C(=O)OC)o1. The van der Waals surface area contributed by atoms with E-state index < -0.39 is 5.97 Å². The minimum absolute atomic E-state index is 0.0920. The molecule has 0 aliphatic heterocycles. The predicted molar refractivity (Wildman–Crippen MR) is 93.6 cm³/mol. The number of ether oxygens (including phenoxy) is 2. The summed E-state index contributed by atoms with van der Waals surface area (Å²) in [6, 6.07) is 3.11. The van der Waals surface area contributed by atoms with E-state index in [1.54, 1.807) is 19.3 Å². The van der Waals surface area contributed by atoms with Crippen molar-refractivity contribution in [3.05, 3.63) is 42.1 Å². The van der Waals surface area contributed by atoms with Crippen LogP contribution in [0, 0.1) is 0 Å². The van der Waals surface area contributed by atoms with E-state index in [1.807, 2.05) is 4.57 Å². The van der Waals surface area contributed by atoms with E-state index in [1.165, 1.54) is 24.9 Å². The topological polar surface area (TPSA) is 108 Å². The molecule has 0 spiro atoms. The first-order chi connectivity index (χ1) is 12.6. The van der Waals surface area contributed by atoms with Gasteiger partial charge in [-0.25, -0.2) is 4.79 Å².